The second-order valence-corrected chi connectivity index (χ2v) is 14.6. The lowest BCUT2D eigenvalue weighted by molar-refractivity contribution is 1.12. The van der Waals surface area contributed by atoms with Gasteiger partial charge in [0.2, 0.25) is 0 Å². The third-order valence-corrected chi connectivity index (χ3v) is 11.3. The van der Waals surface area contributed by atoms with Gasteiger partial charge in [-0.3, -0.25) is 13.7 Å². The molecular formula is C51H33N7. The number of benzene rings is 6. The second-order valence-electron chi connectivity index (χ2n) is 14.6. The van der Waals surface area contributed by atoms with Gasteiger partial charge in [0, 0.05) is 85.0 Å². The Balaban J connectivity index is 1.10. The summed E-state index contributed by atoms with van der Waals surface area (Å²) in [6.45, 7) is 0. The van der Waals surface area contributed by atoms with E-state index in [0.29, 0.717) is 0 Å². The molecule has 0 amide bonds. The molecule has 0 radical (unpaired) electrons. The van der Waals surface area contributed by atoms with Crippen LogP contribution in [0.1, 0.15) is 0 Å². The van der Waals surface area contributed by atoms with Gasteiger partial charge in [0.25, 0.3) is 0 Å². The van der Waals surface area contributed by atoms with Crippen LogP contribution in [0.5, 0.6) is 0 Å². The summed E-state index contributed by atoms with van der Waals surface area (Å²) in [5.74, 6) is 0. The molecular weight excluding hydrogens is 711 g/mol. The van der Waals surface area contributed by atoms with Crippen molar-refractivity contribution in [1.82, 2.24) is 28.7 Å². The van der Waals surface area contributed by atoms with Crippen LogP contribution in [0, 0.1) is 0 Å². The van der Waals surface area contributed by atoms with Crippen LogP contribution in [0.4, 0.5) is 17.1 Å². The quantitative estimate of drug-likeness (QED) is 0.170. The minimum absolute atomic E-state index is 0.925. The summed E-state index contributed by atoms with van der Waals surface area (Å²) in [4.78, 5) is 17.0. The van der Waals surface area contributed by atoms with E-state index in [1.54, 1.807) is 0 Å². The first-order chi connectivity index (χ1) is 28.8. The zero-order chi connectivity index (χ0) is 38.2. The third-order valence-electron chi connectivity index (χ3n) is 11.3. The van der Waals surface area contributed by atoms with Gasteiger partial charge in [0.15, 0.2) is 0 Å². The molecule has 0 bridgehead atoms. The summed E-state index contributed by atoms with van der Waals surface area (Å²) in [6, 6.07) is 64.4. The molecule has 0 aliphatic heterocycles. The van der Waals surface area contributed by atoms with Crippen molar-refractivity contribution in [2.75, 3.05) is 4.90 Å². The van der Waals surface area contributed by atoms with Crippen LogP contribution in [0.25, 0.3) is 82.9 Å². The zero-order valence-corrected chi connectivity index (χ0v) is 31.2. The summed E-state index contributed by atoms with van der Waals surface area (Å²) in [6.07, 6.45) is 5.62. The van der Waals surface area contributed by atoms with E-state index in [0.717, 1.165) is 83.8 Å². The van der Waals surface area contributed by atoms with Gasteiger partial charge in [-0.1, -0.05) is 72.8 Å². The van der Waals surface area contributed by atoms with E-state index in [4.69, 9.17) is 15.0 Å². The lowest BCUT2D eigenvalue weighted by Gasteiger charge is -2.27. The van der Waals surface area contributed by atoms with Gasteiger partial charge < -0.3 is 4.90 Å². The Morgan fingerprint density at radius 3 is 0.948 bits per heavy atom. The average Bonchev–Trinajstić information content (AvgIpc) is 3.93. The van der Waals surface area contributed by atoms with Crippen molar-refractivity contribution in [3.05, 3.63) is 201 Å². The first-order valence-corrected chi connectivity index (χ1v) is 19.4. The fraction of sp³-hybridized carbons (Fsp3) is 0. The van der Waals surface area contributed by atoms with Crippen molar-refractivity contribution in [2.45, 2.75) is 0 Å². The number of fused-ring (bicyclic) bond motifs is 9. The number of aromatic nitrogens is 6. The van der Waals surface area contributed by atoms with E-state index in [-0.39, 0.29) is 0 Å². The molecule has 7 heteroatoms. The van der Waals surface area contributed by atoms with E-state index in [9.17, 15) is 0 Å². The molecule has 6 aromatic carbocycles. The molecule has 0 saturated heterocycles. The predicted molar refractivity (Wildman–Crippen MR) is 238 cm³/mol. The third kappa shape index (κ3) is 4.83. The first kappa shape index (κ1) is 32.2. The SMILES string of the molecule is c1cc(N(c2cccc(-n3c4ccccc4c4cccnc43)c2)c2cccc(-n3c4ccccc4c4cccnc43)c2)cc(-n2c3ccccc3c3cccnc32)c1. The number of hydrogen-bond donors (Lipinski definition) is 0. The topological polar surface area (TPSA) is 56.7 Å². The molecule has 0 fully saturated rings. The van der Waals surface area contributed by atoms with Crippen molar-refractivity contribution in [1.29, 1.82) is 0 Å². The monoisotopic (exact) mass is 743 g/mol. The summed E-state index contributed by atoms with van der Waals surface area (Å²) < 4.78 is 6.81. The van der Waals surface area contributed by atoms with Crippen LogP contribution < -0.4 is 4.90 Å². The van der Waals surface area contributed by atoms with Crippen LogP contribution in [0.15, 0.2) is 201 Å². The van der Waals surface area contributed by atoms with Crippen molar-refractivity contribution in [3.63, 3.8) is 0 Å². The number of para-hydroxylation sites is 3. The highest BCUT2D eigenvalue weighted by molar-refractivity contribution is 6.10. The molecule has 0 aliphatic rings. The Bertz CT molecular complexity index is 3020. The number of anilines is 3. The van der Waals surface area contributed by atoms with E-state index < -0.39 is 0 Å². The van der Waals surface area contributed by atoms with E-state index in [2.05, 4.69) is 182 Å². The van der Waals surface area contributed by atoms with Crippen molar-refractivity contribution in [2.24, 2.45) is 0 Å². The van der Waals surface area contributed by atoms with Crippen LogP contribution in [0.3, 0.4) is 0 Å². The summed E-state index contributed by atoms with van der Waals surface area (Å²) in [7, 11) is 0. The van der Waals surface area contributed by atoms with E-state index >= 15 is 0 Å². The van der Waals surface area contributed by atoms with E-state index in [1.165, 1.54) is 16.2 Å². The molecule has 6 heterocycles. The lowest BCUT2D eigenvalue weighted by Crippen LogP contribution is -2.12. The van der Waals surface area contributed by atoms with Crippen LogP contribution in [-0.2, 0) is 0 Å². The average molecular weight is 744 g/mol. The summed E-state index contributed by atoms with van der Waals surface area (Å²) >= 11 is 0. The second kappa shape index (κ2) is 12.8. The van der Waals surface area contributed by atoms with Crippen LogP contribution in [0.2, 0.25) is 0 Å². The van der Waals surface area contributed by atoms with E-state index in [1.807, 2.05) is 36.8 Å². The van der Waals surface area contributed by atoms with Crippen molar-refractivity contribution < 1.29 is 0 Å². The maximum atomic E-state index is 4.90. The molecule has 12 aromatic rings. The Hall–Kier alpha value is -8.03. The van der Waals surface area contributed by atoms with Gasteiger partial charge in [0.1, 0.15) is 16.9 Å². The Labute approximate surface area is 332 Å². The maximum absolute atomic E-state index is 4.90. The lowest BCUT2D eigenvalue weighted by atomic mass is 10.1. The fourth-order valence-corrected chi connectivity index (χ4v) is 8.93. The fourth-order valence-electron chi connectivity index (χ4n) is 8.93. The molecule has 58 heavy (non-hydrogen) atoms. The molecule has 0 aliphatic carbocycles. The summed E-state index contributed by atoms with van der Waals surface area (Å²) in [5.41, 5.74) is 12.2. The normalized spacial score (nSPS) is 11.8. The number of pyridine rings is 3. The largest absolute Gasteiger partial charge is 0.310 e. The van der Waals surface area contributed by atoms with Gasteiger partial charge in [-0.2, -0.15) is 0 Å². The first-order valence-electron chi connectivity index (χ1n) is 19.4. The molecule has 0 N–H and O–H groups in total. The molecule has 272 valence electrons. The molecule has 0 unspecified atom stereocenters. The van der Waals surface area contributed by atoms with Crippen LogP contribution in [-0.4, -0.2) is 28.7 Å². The minimum Gasteiger partial charge on any atom is -0.310 e. The smallest absolute Gasteiger partial charge is 0.145 e. The Kier molecular flexibility index (Phi) is 7.09. The number of nitrogens with zero attached hydrogens (tertiary/aromatic N) is 7. The molecule has 7 nitrogen and oxygen atoms in total. The Morgan fingerprint density at radius 2 is 0.603 bits per heavy atom. The molecule has 0 spiro atoms. The standard InChI is InChI=1S/C51H33N7/c1-4-25-46-40(19-1)43-22-10-28-52-49(43)56(46)37-16-7-13-34(31-37)55(35-14-8-17-38(32-35)57-47-26-5-2-20-41(47)44-23-11-29-53-50(44)57)36-15-9-18-39(33-36)58-48-27-6-3-21-42(48)45-24-12-30-54-51(45)58/h1-33H. The van der Waals surface area contributed by atoms with Gasteiger partial charge in [-0.15, -0.1) is 0 Å². The van der Waals surface area contributed by atoms with Crippen LogP contribution >= 0.6 is 0 Å². The zero-order valence-electron chi connectivity index (χ0n) is 31.2. The van der Waals surface area contributed by atoms with Crippen molar-refractivity contribution >= 4 is 82.9 Å². The van der Waals surface area contributed by atoms with Gasteiger partial charge >= 0.3 is 0 Å². The number of hydrogen-bond acceptors (Lipinski definition) is 4. The highest BCUT2D eigenvalue weighted by Gasteiger charge is 2.20. The molecule has 12 rings (SSSR count). The van der Waals surface area contributed by atoms with Gasteiger partial charge in [-0.25, -0.2) is 15.0 Å². The molecule has 0 saturated carbocycles. The van der Waals surface area contributed by atoms with Gasteiger partial charge in [-0.05, 0) is 109 Å². The highest BCUT2D eigenvalue weighted by Crippen LogP contribution is 2.41. The highest BCUT2D eigenvalue weighted by atomic mass is 15.2. The predicted octanol–water partition coefficient (Wildman–Crippen LogP) is 12.6. The molecule has 0 atom stereocenters. The minimum atomic E-state index is 0.925. The summed E-state index contributed by atoms with van der Waals surface area (Å²) in [5, 5.41) is 6.90. The maximum Gasteiger partial charge on any atom is 0.145 e. The molecule has 6 aromatic heterocycles. The van der Waals surface area contributed by atoms with Crippen molar-refractivity contribution in [3.8, 4) is 17.1 Å². The van der Waals surface area contributed by atoms with Gasteiger partial charge in [0.05, 0.1) is 16.6 Å². The number of rotatable bonds is 6. The Morgan fingerprint density at radius 1 is 0.293 bits per heavy atom.